The fourth-order valence-corrected chi connectivity index (χ4v) is 5.89. The van der Waals surface area contributed by atoms with E-state index in [1.807, 2.05) is 13.8 Å². The second-order valence-electron chi connectivity index (χ2n) is 9.61. The Hall–Kier alpha value is -3.27. The molecule has 0 aliphatic carbocycles. The van der Waals surface area contributed by atoms with Crippen molar-refractivity contribution >= 4 is 50.7 Å². The van der Waals surface area contributed by atoms with Crippen molar-refractivity contribution in [2.45, 2.75) is 38.3 Å². The first kappa shape index (κ1) is 31.3. The van der Waals surface area contributed by atoms with Crippen LogP contribution >= 0.6 is 23.2 Å². The number of carbonyl (C=O) groups is 2. The monoisotopic (exact) mass is 605 g/mol. The van der Waals surface area contributed by atoms with E-state index in [0.29, 0.717) is 17.3 Å². The van der Waals surface area contributed by atoms with Crippen LogP contribution in [0.5, 0.6) is 5.75 Å². The van der Waals surface area contributed by atoms with Crippen molar-refractivity contribution < 1.29 is 22.7 Å². The minimum atomic E-state index is -4.23. The molecular weight excluding hydrogens is 573 g/mol. The molecule has 2 amide bonds. The second-order valence-corrected chi connectivity index (χ2v) is 12.3. The molecule has 3 aromatic carbocycles. The molecule has 1 unspecified atom stereocenters. The van der Waals surface area contributed by atoms with Gasteiger partial charge in [0.15, 0.2) is 0 Å². The maximum absolute atomic E-state index is 13.9. The van der Waals surface area contributed by atoms with Crippen LogP contribution in [0.25, 0.3) is 0 Å². The highest BCUT2D eigenvalue weighted by Gasteiger charge is 2.33. The highest BCUT2D eigenvalue weighted by Crippen LogP contribution is 2.33. The topological polar surface area (TPSA) is 96.0 Å². The summed E-state index contributed by atoms with van der Waals surface area (Å²) in [6.45, 7) is 5.44. The Bertz CT molecular complexity index is 1420. The first-order valence-corrected chi connectivity index (χ1v) is 14.9. The summed E-state index contributed by atoms with van der Waals surface area (Å²) >= 11 is 12.5. The average Bonchev–Trinajstić information content (AvgIpc) is 2.94. The predicted molar refractivity (Wildman–Crippen MR) is 158 cm³/mol. The summed E-state index contributed by atoms with van der Waals surface area (Å²) in [6, 6.07) is 18.3. The Kier molecular flexibility index (Phi) is 10.8. The summed E-state index contributed by atoms with van der Waals surface area (Å²) in [5, 5.41) is 3.23. The first-order chi connectivity index (χ1) is 18.9. The van der Waals surface area contributed by atoms with Crippen LogP contribution in [-0.4, -0.2) is 51.4 Å². The number of rotatable bonds is 12. The number of benzene rings is 3. The lowest BCUT2D eigenvalue weighted by Gasteiger charge is -2.32. The van der Waals surface area contributed by atoms with Crippen LogP contribution in [0.15, 0.2) is 77.7 Å². The van der Waals surface area contributed by atoms with Crippen LogP contribution in [0.2, 0.25) is 10.0 Å². The fourth-order valence-electron chi connectivity index (χ4n) is 3.88. The van der Waals surface area contributed by atoms with Gasteiger partial charge in [0, 0.05) is 18.1 Å². The quantitative estimate of drug-likeness (QED) is 0.299. The van der Waals surface area contributed by atoms with Gasteiger partial charge < -0.3 is 15.0 Å². The zero-order chi connectivity index (χ0) is 29.4. The molecule has 40 heavy (non-hydrogen) atoms. The molecule has 0 bridgehead atoms. The highest BCUT2D eigenvalue weighted by molar-refractivity contribution is 7.92. The molecular formula is C29H33Cl2N3O5S. The van der Waals surface area contributed by atoms with Crippen molar-refractivity contribution in [1.29, 1.82) is 0 Å². The van der Waals surface area contributed by atoms with Crippen molar-refractivity contribution in [2.75, 3.05) is 24.5 Å². The van der Waals surface area contributed by atoms with Crippen LogP contribution < -0.4 is 14.4 Å². The summed E-state index contributed by atoms with van der Waals surface area (Å²) in [4.78, 5) is 28.3. The maximum Gasteiger partial charge on any atom is 0.264 e. The zero-order valence-electron chi connectivity index (χ0n) is 22.8. The number of hydrogen-bond acceptors (Lipinski definition) is 5. The highest BCUT2D eigenvalue weighted by atomic mass is 35.5. The first-order valence-electron chi connectivity index (χ1n) is 12.7. The molecule has 11 heteroatoms. The van der Waals surface area contributed by atoms with E-state index in [1.165, 1.54) is 35.2 Å². The van der Waals surface area contributed by atoms with Gasteiger partial charge in [-0.25, -0.2) is 8.42 Å². The molecule has 1 atom stereocenters. The van der Waals surface area contributed by atoms with Crippen LogP contribution in [0.1, 0.15) is 26.3 Å². The van der Waals surface area contributed by atoms with E-state index in [1.54, 1.807) is 56.5 Å². The molecule has 0 radical (unpaired) electrons. The van der Waals surface area contributed by atoms with Crippen molar-refractivity contribution in [3.63, 3.8) is 0 Å². The third kappa shape index (κ3) is 7.90. The van der Waals surface area contributed by atoms with E-state index in [-0.39, 0.29) is 34.0 Å². The lowest BCUT2D eigenvalue weighted by atomic mass is 10.1. The van der Waals surface area contributed by atoms with Gasteiger partial charge in [-0.05, 0) is 60.9 Å². The van der Waals surface area contributed by atoms with E-state index in [4.69, 9.17) is 27.9 Å². The van der Waals surface area contributed by atoms with Crippen LogP contribution in [0.4, 0.5) is 5.69 Å². The van der Waals surface area contributed by atoms with Crippen LogP contribution in [-0.2, 0) is 26.2 Å². The average molecular weight is 607 g/mol. The van der Waals surface area contributed by atoms with Gasteiger partial charge in [0.1, 0.15) is 18.3 Å². The fraction of sp³-hybridized carbons (Fsp3) is 0.310. The van der Waals surface area contributed by atoms with E-state index >= 15 is 0 Å². The molecule has 0 spiro atoms. The molecule has 0 aliphatic rings. The number of anilines is 1. The summed E-state index contributed by atoms with van der Waals surface area (Å²) < 4.78 is 33.8. The zero-order valence-corrected chi connectivity index (χ0v) is 25.1. The Morgan fingerprint density at radius 2 is 1.60 bits per heavy atom. The minimum absolute atomic E-state index is 0.0155. The standard InChI is InChI=1S/C29H33Cl2N3O5S/c1-20(2)17-32-29(36)21(3)33(18-22-10-13-24(39-4)14-11-22)28(35)19-34(27-15-12-23(30)16-26(27)31)40(37,38)25-8-6-5-7-9-25/h5-16,20-21H,17-19H2,1-4H3,(H,32,36). The lowest BCUT2D eigenvalue weighted by molar-refractivity contribution is -0.139. The van der Waals surface area contributed by atoms with E-state index in [0.717, 1.165) is 9.87 Å². The molecule has 0 fully saturated rings. The molecule has 0 heterocycles. The van der Waals surface area contributed by atoms with Crippen molar-refractivity contribution in [3.05, 3.63) is 88.4 Å². The van der Waals surface area contributed by atoms with E-state index in [9.17, 15) is 18.0 Å². The number of halogens is 2. The van der Waals surface area contributed by atoms with Crippen molar-refractivity contribution in [2.24, 2.45) is 5.92 Å². The predicted octanol–water partition coefficient (Wildman–Crippen LogP) is 5.39. The molecule has 0 saturated heterocycles. The van der Waals surface area contributed by atoms with Gasteiger partial charge in [-0.2, -0.15) is 0 Å². The second kappa shape index (κ2) is 13.9. The number of carbonyl (C=O) groups excluding carboxylic acids is 2. The minimum Gasteiger partial charge on any atom is -0.497 e. The van der Waals surface area contributed by atoms with Gasteiger partial charge in [0.25, 0.3) is 10.0 Å². The number of methoxy groups -OCH3 is 1. The Morgan fingerprint density at radius 1 is 0.950 bits per heavy atom. The summed E-state index contributed by atoms with van der Waals surface area (Å²) in [6.07, 6.45) is 0. The number of nitrogens with zero attached hydrogens (tertiary/aromatic N) is 2. The number of amides is 2. The molecule has 0 saturated carbocycles. The summed E-state index contributed by atoms with van der Waals surface area (Å²) in [7, 11) is -2.67. The maximum atomic E-state index is 13.9. The number of nitrogens with one attached hydrogen (secondary N) is 1. The van der Waals surface area contributed by atoms with E-state index < -0.39 is 28.5 Å². The van der Waals surface area contributed by atoms with Gasteiger partial charge >= 0.3 is 0 Å². The van der Waals surface area contributed by atoms with Gasteiger partial charge in [-0.15, -0.1) is 0 Å². The van der Waals surface area contributed by atoms with Gasteiger partial charge in [0.2, 0.25) is 11.8 Å². The van der Waals surface area contributed by atoms with Crippen molar-refractivity contribution in [1.82, 2.24) is 10.2 Å². The normalized spacial score (nSPS) is 12.1. The third-order valence-corrected chi connectivity index (χ3v) is 8.46. The van der Waals surface area contributed by atoms with Gasteiger partial charge in [-0.1, -0.05) is 67.4 Å². The smallest absolute Gasteiger partial charge is 0.264 e. The van der Waals surface area contributed by atoms with Crippen LogP contribution in [0, 0.1) is 5.92 Å². The largest absolute Gasteiger partial charge is 0.497 e. The summed E-state index contributed by atoms with van der Waals surface area (Å²) in [5.41, 5.74) is 0.823. The molecule has 1 N–H and O–H groups in total. The Balaban J connectivity index is 2.02. The Morgan fingerprint density at radius 3 is 2.17 bits per heavy atom. The number of sulfonamides is 1. The third-order valence-electron chi connectivity index (χ3n) is 6.15. The van der Waals surface area contributed by atoms with Crippen LogP contribution in [0.3, 0.4) is 0 Å². The number of ether oxygens (including phenoxy) is 1. The molecule has 8 nitrogen and oxygen atoms in total. The van der Waals surface area contributed by atoms with Crippen molar-refractivity contribution in [3.8, 4) is 5.75 Å². The van der Waals surface area contributed by atoms with Gasteiger partial charge in [0.05, 0.1) is 22.7 Å². The SMILES string of the molecule is COc1ccc(CN(C(=O)CN(c2ccc(Cl)cc2Cl)S(=O)(=O)c2ccccc2)C(C)C(=O)NCC(C)C)cc1. The Labute approximate surface area is 245 Å². The molecule has 3 aromatic rings. The molecule has 214 valence electrons. The number of hydrogen-bond donors (Lipinski definition) is 1. The van der Waals surface area contributed by atoms with E-state index in [2.05, 4.69) is 5.32 Å². The lowest BCUT2D eigenvalue weighted by Crippen LogP contribution is -2.51. The molecule has 0 aromatic heterocycles. The molecule has 3 rings (SSSR count). The summed E-state index contributed by atoms with van der Waals surface area (Å²) in [5.74, 6) is -0.0894. The molecule has 0 aliphatic heterocycles. The van der Waals surface area contributed by atoms with Gasteiger partial charge in [-0.3, -0.25) is 13.9 Å².